The monoisotopic (exact) mass is 401 g/mol. The molecule has 0 aliphatic carbocycles. The Kier molecular flexibility index (Phi) is 6.72. The van der Waals surface area contributed by atoms with E-state index in [2.05, 4.69) is 34.2 Å². The zero-order valence-electron chi connectivity index (χ0n) is 17.1. The average molecular weight is 402 g/mol. The Bertz CT molecular complexity index is 958. The van der Waals surface area contributed by atoms with Gasteiger partial charge in [0.25, 0.3) is 0 Å². The number of aromatic nitrogens is 1. The van der Waals surface area contributed by atoms with Gasteiger partial charge in [-0.2, -0.15) is 0 Å². The molecule has 0 atom stereocenters. The zero-order chi connectivity index (χ0) is 20.6. The molecule has 1 saturated heterocycles. The van der Waals surface area contributed by atoms with Crippen molar-refractivity contribution >= 4 is 12.0 Å². The smallest absolute Gasteiger partial charge is 0.223 e. The number of piperazine rings is 1. The zero-order valence-corrected chi connectivity index (χ0v) is 17.1. The van der Waals surface area contributed by atoms with Crippen molar-refractivity contribution in [1.82, 2.24) is 14.8 Å². The van der Waals surface area contributed by atoms with Crippen LogP contribution in [0.25, 0.3) is 17.4 Å². The molecule has 0 spiro atoms. The Labute approximate surface area is 177 Å². The maximum Gasteiger partial charge on any atom is 0.223 e. The molecule has 0 N–H and O–H groups in total. The van der Waals surface area contributed by atoms with E-state index in [0.29, 0.717) is 18.7 Å². The summed E-state index contributed by atoms with van der Waals surface area (Å²) in [7, 11) is 0. The van der Waals surface area contributed by atoms with E-state index in [4.69, 9.17) is 4.42 Å². The molecule has 4 rings (SSSR count). The fraction of sp³-hybridized carbons (Fsp3) is 0.280. The van der Waals surface area contributed by atoms with Gasteiger partial charge in [0.15, 0.2) is 11.7 Å². The van der Waals surface area contributed by atoms with Crippen molar-refractivity contribution in [3.63, 3.8) is 0 Å². The van der Waals surface area contributed by atoms with E-state index in [1.807, 2.05) is 53.4 Å². The first-order valence-electron chi connectivity index (χ1n) is 10.5. The van der Waals surface area contributed by atoms with E-state index < -0.39 is 0 Å². The molecule has 30 heavy (non-hydrogen) atoms. The molecule has 0 saturated carbocycles. The average Bonchev–Trinajstić information content (AvgIpc) is 3.28. The summed E-state index contributed by atoms with van der Waals surface area (Å²) in [5.74, 6) is 1.54. The molecular weight excluding hydrogens is 374 g/mol. The molecule has 1 fully saturated rings. The Morgan fingerprint density at radius 3 is 2.40 bits per heavy atom. The van der Waals surface area contributed by atoms with Crippen LogP contribution in [0, 0.1) is 0 Å². The van der Waals surface area contributed by atoms with E-state index in [1.165, 1.54) is 5.56 Å². The number of amides is 1. The molecule has 0 bridgehead atoms. The van der Waals surface area contributed by atoms with Crippen molar-refractivity contribution in [3.05, 3.63) is 84.4 Å². The Morgan fingerprint density at radius 1 is 0.967 bits per heavy atom. The predicted molar refractivity (Wildman–Crippen MR) is 119 cm³/mol. The number of carbonyl (C=O) groups excluding carboxylic acids is 1. The largest absolute Gasteiger partial charge is 0.441 e. The highest BCUT2D eigenvalue weighted by Gasteiger charge is 2.20. The fourth-order valence-corrected chi connectivity index (χ4v) is 3.62. The van der Waals surface area contributed by atoms with Crippen LogP contribution in [0.3, 0.4) is 0 Å². The summed E-state index contributed by atoms with van der Waals surface area (Å²) in [5.41, 5.74) is 2.22. The third kappa shape index (κ3) is 5.45. The number of benzene rings is 2. The van der Waals surface area contributed by atoms with Crippen molar-refractivity contribution in [2.24, 2.45) is 0 Å². The van der Waals surface area contributed by atoms with Crippen LogP contribution in [-0.4, -0.2) is 53.4 Å². The Balaban J connectivity index is 1.19. The van der Waals surface area contributed by atoms with Gasteiger partial charge in [0.2, 0.25) is 5.91 Å². The quantitative estimate of drug-likeness (QED) is 0.597. The van der Waals surface area contributed by atoms with Crippen LogP contribution in [0.2, 0.25) is 0 Å². The molecule has 3 aromatic rings. The van der Waals surface area contributed by atoms with Crippen molar-refractivity contribution < 1.29 is 9.21 Å². The van der Waals surface area contributed by atoms with Gasteiger partial charge >= 0.3 is 0 Å². The van der Waals surface area contributed by atoms with Gasteiger partial charge in [-0.05, 0) is 5.56 Å². The normalized spacial score (nSPS) is 15.0. The van der Waals surface area contributed by atoms with Gasteiger partial charge in [-0.25, -0.2) is 4.98 Å². The summed E-state index contributed by atoms with van der Waals surface area (Å²) in [5, 5.41) is 0. The van der Waals surface area contributed by atoms with Crippen molar-refractivity contribution in [2.45, 2.75) is 12.8 Å². The lowest BCUT2D eigenvalue weighted by Gasteiger charge is -2.34. The minimum absolute atomic E-state index is 0.175. The maximum atomic E-state index is 12.6. The van der Waals surface area contributed by atoms with Crippen LogP contribution in [-0.2, 0) is 11.2 Å². The second-order valence-corrected chi connectivity index (χ2v) is 7.48. The van der Waals surface area contributed by atoms with Gasteiger partial charge < -0.3 is 9.32 Å². The highest BCUT2D eigenvalue weighted by atomic mass is 16.4. The highest BCUT2D eigenvalue weighted by Crippen LogP contribution is 2.20. The molecule has 5 nitrogen and oxygen atoms in total. The Morgan fingerprint density at radius 2 is 1.67 bits per heavy atom. The van der Waals surface area contributed by atoms with E-state index in [0.717, 1.165) is 44.0 Å². The van der Waals surface area contributed by atoms with Crippen molar-refractivity contribution in [3.8, 4) is 11.3 Å². The number of rotatable bonds is 7. The van der Waals surface area contributed by atoms with Crippen LogP contribution in [0.1, 0.15) is 17.9 Å². The topological polar surface area (TPSA) is 49.6 Å². The third-order valence-corrected chi connectivity index (χ3v) is 5.36. The molecule has 1 aliphatic rings. The molecule has 2 heterocycles. The summed E-state index contributed by atoms with van der Waals surface area (Å²) < 4.78 is 5.81. The number of aryl methyl sites for hydroxylation is 1. The van der Waals surface area contributed by atoms with E-state index in [9.17, 15) is 4.79 Å². The number of hydrogen-bond donors (Lipinski definition) is 0. The first kappa shape index (κ1) is 20.1. The maximum absolute atomic E-state index is 12.6. The molecule has 1 aliphatic heterocycles. The minimum Gasteiger partial charge on any atom is -0.441 e. The lowest BCUT2D eigenvalue weighted by atomic mass is 10.2. The van der Waals surface area contributed by atoms with Crippen LogP contribution in [0.15, 0.2) is 77.4 Å². The van der Waals surface area contributed by atoms with Crippen LogP contribution in [0.4, 0.5) is 0 Å². The molecule has 2 aromatic carbocycles. The van der Waals surface area contributed by atoms with E-state index in [1.54, 1.807) is 6.20 Å². The Hall–Kier alpha value is -3.18. The highest BCUT2D eigenvalue weighted by molar-refractivity contribution is 5.76. The third-order valence-electron chi connectivity index (χ3n) is 5.36. The van der Waals surface area contributed by atoms with Gasteiger partial charge in [-0.1, -0.05) is 72.8 Å². The minimum atomic E-state index is 0.175. The standard InChI is InChI=1S/C25H27N3O2/c29-25(14-13-24-26-20-23(30-24)22-11-5-2-6-12-22)28-18-16-27(17-19-28)15-7-10-21-8-3-1-4-9-21/h1-12,20H,13-19H2. The summed E-state index contributed by atoms with van der Waals surface area (Å²) in [6, 6.07) is 20.2. The lowest BCUT2D eigenvalue weighted by Crippen LogP contribution is -2.48. The first-order valence-corrected chi connectivity index (χ1v) is 10.5. The molecule has 1 amide bonds. The molecule has 0 radical (unpaired) electrons. The van der Waals surface area contributed by atoms with Crippen LogP contribution in [0.5, 0.6) is 0 Å². The van der Waals surface area contributed by atoms with Crippen molar-refractivity contribution in [2.75, 3.05) is 32.7 Å². The first-order chi connectivity index (χ1) is 14.8. The SMILES string of the molecule is O=C(CCc1ncc(-c2ccccc2)o1)N1CCN(CC=Cc2ccccc2)CC1. The van der Waals surface area contributed by atoms with Gasteiger partial charge in [0.05, 0.1) is 6.20 Å². The molecule has 1 aromatic heterocycles. The second kappa shape index (κ2) is 10.0. The van der Waals surface area contributed by atoms with Crippen LogP contribution >= 0.6 is 0 Å². The number of nitrogens with zero attached hydrogens (tertiary/aromatic N) is 3. The molecule has 0 unspecified atom stereocenters. The lowest BCUT2D eigenvalue weighted by molar-refractivity contribution is -0.132. The van der Waals surface area contributed by atoms with E-state index in [-0.39, 0.29) is 5.91 Å². The van der Waals surface area contributed by atoms with Crippen LogP contribution < -0.4 is 0 Å². The summed E-state index contributed by atoms with van der Waals surface area (Å²) in [6.07, 6.45) is 7.04. The fourth-order valence-electron chi connectivity index (χ4n) is 3.62. The number of oxazole rings is 1. The molecule has 154 valence electrons. The second-order valence-electron chi connectivity index (χ2n) is 7.48. The van der Waals surface area contributed by atoms with Crippen molar-refractivity contribution in [1.29, 1.82) is 0 Å². The summed E-state index contributed by atoms with van der Waals surface area (Å²) in [4.78, 5) is 21.2. The predicted octanol–water partition coefficient (Wildman–Crippen LogP) is 4.13. The number of hydrogen-bond acceptors (Lipinski definition) is 4. The van der Waals surface area contributed by atoms with Gasteiger partial charge in [0.1, 0.15) is 0 Å². The van der Waals surface area contributed by atoms with Gasteiger partial charge in [-0.3, -0.25) is 9.69 Å². The summed E-state index contributed by atoms with van der Waals surface area (Å²) >= 11 is 0. The molecule has 5 heteroatoms. The summed E-state index contributed by atoms with van der Waals surface area (Å²) in [6.45, 7) is 4.28. The molecular formula is C25H27N3O2. The van der Waals surface area contributed by atoms with Gasteiger partial charge in [0, 0.05) is 51.1 Å². The van der Waals surface area contributed by atoms with Gasteiger partial charge in [-0.15, -0.1) is 0 Å². The number of carbonyl (C=O) groups is 1. The van der Waals surface area contributed by atoms with E-state index >= 15 is 0 Å².